The van der Waals surface area contributed by atoms with Gasteiger partial charge >= 0.3 is 0 Å². The molecule has 1 heterocycles. The van der Waals surface area contributed by atoms with Crippen LogP contribution in [0.4, 0.5) is 0 Å². The molecule has 0 aromatic rings. The summed E-state index contributed by atoms with van der Waals surface area (Å²) in [5.74, 6) is 1.05. The Hall–Kier alpha value is -0.370. The van der Waals surface area contributed by atoms with Crippen LogP contribution >= 0.6 is 0 Å². The zero-order valence-corrected chi connectivity index (χ0v) is 10.2. The van der Waals surface area contributed by atoms with Crippen LogP contribution in [0.3, 0.4) is 0 Å². The van der Waals surface area contributed by atoms with Crippen LogP contribution in [0.5, 0.6) is 0 Å². The third-order valence-electron chi connectivity index (χ3n) is 3.59. The lowest BCUT2D eigenvalue weighted by Crippen LogP contribution is -2.36. The number of Topliss-reactive ketones (excluding diaryl/α,β-unsaturated/α-hetero) is 1. The molecule has 1 fully saturated rings. The van der Waals surface area contributed by atoms with Crippen LogP contribution in [0.1, 0.15) is 58.8 Å². The Labute approximate surface area is 93.8 Å². The van der Waals surface area contributed by atoms with Gasteiger partial charge in [-0.15, -0.1) is 0 Å². The molecule has 1 unspecified atom stereocenters. The number of ketones is 1. The van der Waals surface area contributed by atoms with Crippen molar-refractivity contribution in [2.24, 2.45) is 5.92 Å². The smallest absolute Gasteiger partial charge is 0.150 e. The van der Waals surface area contributed by atoms with E-state index in [0.717, 1.165) is 32.2 Å². The fraction of sp³-hybridized carbons (Fsp3) is 0.923. The van der Waals surface area contributed by atoms with Crippen LogP contribution < -0.4 is 5.32 Å². The number of rotatable bonds is 5. The van der Waals surface area contributed by atoms with Gasteiger partial charge in [-0.3, -0.25) is 4.79 Å². The lowest BCUT2D eigenvalue weighted by molar-refractivity contribution is -0.122. The molecule has 88 valence electrons. The van der Waals surface area contributed by atoms with Gasteiger partial charge in [-0.05, 0) is 25.3 Å². The van der Waals surface area contributed by atoms with E-state index in [2.05, 4.69) is 19.2 Å². The Morgan fingerprint density at radius 1 is 1.27 bits per heavy atom. The fourth-order valence-electron chi connectivity index (χ4n) is 2.31. The van der Waals surface area contributed by atoms with Gasteiger partial charge in [-0.25, -0.2) is 0 Å². The average Bonchev–Trinajstić information content (AvgIpc) is 2.54. The Kier molecular flexibility index (Phi) is 5.92. The molecular weight excluding hydrogens is 186 g/mol. The molecular formula is C13H25NO. The molecule has 15 heavy (non-hydrogen) atoms. The highest BCUT2D eigenvalue weighted by atomic mass is 16.1. The van der Waals surface area contributed by atoms with Gasteiger partial charge in [0.05, 0.1) is 6.04 Å². The van der Waals surface area contributed by atoms with Gasteiger partial charge in [-0.2, -0.15) is 0 Å². The van der Waals surface area contributed by atoms with Crippen molar-refractivity contribution in [1.82, 2.24) is 5.32 Å². The maximum absolute atomic E-state index is 12.0. The van der Waals surface area contributed by atoms with Gasteiger partial charge in [-0.1, -0.05) is 39.5 Å². The van der Waals surface area contributed by atoms with Gasteiger partial charge in [0.1, 0.15) is 5.78 Å². The summed E-state index contributed by atoms with van der Waals surface area (Å²) < 4.78 is 0. The van der Waals surface area contributed by atoms with E-state index >= 15 is 0 Å². The van der Waals surface area contributed by atoms with Crippen molar-refractivity contribution in [3.05, 3.63) is 0 Å². The molecule has 0 radical (unpaired) electrons. The van der Waals surface area contributed by atoms with Crippen molar-refractivity contribution in [3.63, 3.8) is 0 Å². The summed E-state index contributed by atoms with van der Waals surface area (Å²) in [5.41, 5.74) is 0. The van der Waals surface area contributed by atoms with E-state index in [-0.39, 0.29) is 6.04 Å². The van der Waals surface area contributed by atoms with E-state index in [9.17, 15) is 4.79 Å². The predicted octanol–water partition coefficient (Wildman–Crippen LogP) is 2.91. The van der Waals surface area contributed by atoms with Crippen molar-refractivity contribution in [2.45, 2.75) is 64.8 Å². The summed E-state index contributed by atoms with van der Waals surface area (Å²) in [5, 5.41) is 3.39. The highest BCUT2D eigenvalue weighted by Gasteiger charge is 2.21. The van der Waals surface area contributed by atoms with E-state index in [1.54, 1.807) is 0 Å². The first-order chi connectivity index (χ1) is 7.27. The molecule has 1 atom stereocenters. The second-order valence-electron chi connectivity index (χ2n) is 4.71. The quantitative estimate of drug-likeness (QED) is 0.757. The summed E-state index contributed by atoms with van der Waals surface area (Å²) in [6.45, 7) is 5.39. The number of nitrogens with one attached hydrogen (secondary N) is 1. The summed E-state index contributed by atoms with van der Waals surface area (Å²) >= 11 is 0. The van der Waals surface area contributed by atoms with E-state index < -0.39 is 0 Å². The topological polar surface area (TPSA) is 29.1 Å². The third-order valence-corrected chi connectivity index (χ3v) is 3.59. The Morgan fingerprint density at radius 2 is 2.00 bits per heavy atom. The van der Waals surface area contributed by atoms with E-state index in [1.165, 1.54) is 19.3 Å². The maximum atomic E-state index is 12.0. The Balaban J connectivity index is 2.36. The second-order valence-corrected chi connectivity index (χ2v) is 4.71. The SMILES string of the molecule is CCC(CC)CC(=O)C1CCCCCN1. The van der Waals surface area contributed by atoms with Crippen LogP contribution in [0.25, 0.3) is 0 Å². The highest BCUT2D eigenvalue weighted by Crippen LogP contribution is 2.17. The minimum absolute atomic E-state index is 0.160. The average molecular weight is 211 g/mol. The first-order valence-electron chi connectivity index (χ1n) is 6.54. The Bertz CT molecular complexity index is 179. The zero-order valence-electron chi connectivity index (χ0n) is 10.2. The minimum atomic E-state index is 0.160. The van der Waals surface area contributed by atoms with Gasteiger partial charge in [0, 0.05) is 6.42 Å². The molecule has 1 aliphatic rings. The number of carbonyl (C=O) groups is 1. The molecule has 0 aromatic carbocycles. The van der Waals surface area contributed by atoms with Crippen molar-refractivity contribution in [1.29, 1.82) is 0 Å². The van der Waals surface area contributed by atoms with Crippen molar-refractivity contribution < 1.29 is 4.79 Å². The van der Waals surface area contributed by atoms with Crippen molar-refractivity contribution in [3.8, 4) is 0 Å². The maximum Gasteiger partial charge on any atom is 0.150 e. The lowest BCUT2D eigenvalue weighted by atomic mass is 9.93. The first kappa shape index (κ1) is 12.7. The van der Waals surface area contributed by atoms with Crippen LogP contribution in [-0.4, -0.2) is 18.4 Å². The number of carbonyl (C=O) groups excluding carboxylic acids is 1. The van der Waals surface area contributed by atoms with Gasteiger partial charge in [0.15, 0.2) is 0 Å². The van der Waals surface area contributed by atoms with Crippen molar-refractivity contribution >= 4 is 5.78 Å². The molecule has 0 bridgehead atoms. The zero-order chi connectivity index (χ0) is 11.1. The molecule has 0 saturated carbocycles. The molecule has 0 aromatic heterocycles. The minimum Gasteiger partial charge on any atom is -0.307 e. The predicted molar refractivity (Wildman–Crippen MR) is 64.0 cm³/mol. The van der Waals surface area contributed by atoms with Gasteiger partial charge < -0.3 is 5.32 Å². The third kappa shape index (κ3) is 4.33. The standard InChI is InChI=1S/C13H25NO/c1-3-11(4-2)10-13(15)12-8-6-5-7-9-14-12/h11-12,14H,3-10H2,1-2H3. The molecule has 2 nitrogen and oxygen atoms in total. The van der Waals surface area contributed by atoms with Gasteiger partial charge in [0.2, 0.25) is 0 Å². The fourth-order valence-corrected chi connectivity index (χ4v) is 2.31. The van der Waals surface area contributed by atoms with E-state index in [0.29, 0.717) is 11.7 Å². The molecule has 1 N–H and O–H groups in total. The summed E-state index contributed by atoms with van der Waals surface area (Å²) in [6, 6.07) is 0.160. The van der Waals surface area contributed by atoms with Crippen LogP contribution in [0.2, 0.25) is 0 Å². The summed E-state index contributed by atoms with van der Waals surface area (Å²) in [6.07, 6.45) is 7.83. The molecule has 1 saturated heterocycles. The Morgan fingerprint density at radius 3 is 2.67 bits per heavy atom. The summed E-state index contributed by atoms with van der Waals surface area (Å²) in [7, 11) is 0. The van der Waals surface area contributed by atoms with Crippen LogP contribution in [0, 0.1) is 5.92 Å². The first-order valence-corrected chi connectivity index (χ1v) is 6.54. The monoisotopic (exact) mass is 211 g/mol. The molecule has 1 rings (SSSR count). The number of hydrogen-bond donors (Lipinski definition) is 1. The van der Waals surface area contributed by atoms with Crippen molar-refractivity contribution in [2.75, 3.05) is 6.54 Å². The lowest BCUT2D eigenvalue weighted by Gasteiger charge is -2.18. The molecule has 2 heteroatoms. The highest BCUT2D eigenvalue weighted by molar-refractivity contribution is 5.84. The number of hydrogen-bond acceptors (Lipinski definition) is 2. The van der Waals surface area contributed by atoms with Crippen LogP contribution in [-0.2, 0) is 4.79 Å². The molecule has 0 amide bonds. The van der Waals surface area contributed by atoms with E-state index in [1.807, 2.05) is 0 Å². The normalized spacial score (nSPS) is 22.7. The molecule has 1 aliphatic heterocycles. The van der Waals surface area contributed by atoms with Crippen LogP contribution in [0.15, 0.2) is 0 Å². The molecule has 0 spiro atoms. The summed E-state index contributed by atoms with van der Waals surface area (Å²) in [4.78, 5) is 12.0. The van der Waals surface area contributed by atoms with E-state index in [4.69, 9.17) is 0 Å². The van der Waals surface area contributed by atoms with Gasteiger partial charge in [0.25, 0.3) is 0 Å². The molecule has 0 aliphatic carbocycles. The largest absolute Gasteiger partial charge is 0.307 e. The second kappa shape index (κ2) is 7.00.